The summed E-state index contributed by atoms with van der Waals surface area (Å²) in [5.74, 6) is 0. The molecule has 16 heavy (non-hydrogen) atoms. The lowest BCUT2D eigenvalue weighted by molar-refractivity contribution is 0.250. The average Bonchev–Trinajstić information content (AvgIpc) is 2.81. The first-order valence-corrected chi connectivity index (χ1v) is 6.22. The van der Waals surface area contributed by atoms with Crippen molar-refractivity contribution in [2.75, 3.05) is 13.1 Å². The summed E-state index contributed by atoms with van der Waals surface area (Å²) in [5.41, 5.74) is 3.88. The third kappa shape index (κ3) is 1.67. The molecule has 0 saturated carbocycles. The van der Waals surface area contributed by atoms with Crippen molar-refractivity contribution in [2.45, 2.75) is 32.2 Å². The Labute approximate surface area is 97.0 Å². The van der Waals surface area contributed by atoms with E-state index in [4.69, 9.17) is 0 Å². The Morgan fingerprint density at radius 3 is 2.75 bits per heavy atom. The van der Waals surface area contributed by atoms with Gasteiger partial charge in [-0.3, -0.25) is 9.89 Å². The summed E-state index contributed by atoms with van der Waals surface area (Å²) < 4.78 is 0. The molecule has 1 atom stereocenters. The van der Waals surface area contributed by atoms with E-state index in [1.165, 1.54) is 42.9 Å². The van der Waals surface area contributed by atoms with E-state index in [9.17, 15) is 0 Å². The van der Waals surface area contributed by atoms with Crippen LogP contribution in [-0.2, 0) is 0 Å². The monoisotopic (exact) mass is 214 g/mol. The van der Waals surface area contributed by atoms with Gasteiger partial charge >= 0.3 is 0 Å². The van der Waals surface area contributed by atoms with Crippen LogP contribution in [0.25, 0.3) is 0 Å². The number of likely N-dealkylation sites (tertiary alicyclic amines) is 1. The van der Waals surface area contributed by atoms with Crippen LogP contribution in [0.1, 0.15) is 37.8 Å². The first-order chi connectivity index (χ1) is 7.84. The Balaban J connectivity index is 1.98. The van der Waals surface area contributed by atoms with Crippen molar-refractivity contribution < 1.29 is 0 Å². The van der Waals surface area contributed by atoms with Crippen molar-refractivity contribution in [3.05, 3.63) is 29.8 Å². The average molecular weight is 214 g/mol. The quantitative estimate of drug-likeness (QED) is 0.700. The highest BCUT2D eigenvalue weighted by Gasteiger charge is 2.27. The lowest BCUT2D eigenvalue weighted by Crippen LogP contribution is -2.28. The second-order valence-electron chi connectivity index (χ2n) is 4.87. The highest BCUT2D eigenvalue weighted by molar-refractivity contribution is 5.87. The van der Waals surface area contributed by atoms with Crippen LogP contribution in [0.15, 0.2) is 29.3 Å². The molecular formula is C14H18N2. The van der Waals surface area contributed by atoms with Gasteiger partial charge in [-0.15, -0.1) is 0 Å². The number of rotatable bonds is 1. The van der Waals surface area contributed by atoms with Gasteiger partial charge in [-0.2, -0.15) is 0 Å². The van der Waals surface area contributed by atoms with Gasteiger partial charge < -0.3 is 0 Å². The largest absolute Gasteiger partial charge is 0.296 e. The third-order valence-corrected chi connectivity index (χ3v) is 3.68. The number of fused-ring (bicyclic) bond motifs is 1. The van der Waals surface area contributed by atoms with Crippen molar-refractivity contribution in [3.8, 4) is 0 Å². The first kappa shape index (κ1) is 10.0. The number of nitrogens with zero attached hydrogens (tertiary/aromatic N) is 2. The molecule has 0 spiro atoms. The van der Waals surface area contributed by atoms with Crippen LogP contribution in [0, 0.1) is 0 Å². The van der Waals surface area contributed by atoms with Crippen LogP contribution in [0.3, 0.4) is 0 Å². The van der Waals surface area contributed by atoms with Gasteiger partial charge in [0, 0.05) is 18.2 Å². The molecule has 1 aromatic carbocycles. The second kappa shape index (κ2) is 4.02. The van der Waals surface area contributed by atoms with Gasteiger partial charge in [0.25, 0.3) is 0 Å². The van der Waals surface area contributed by atoms with Gasteiger partial charge in [0.05, 0.1) is 5.69 Å². The highest BCUT2D eigenvalue weighted by atomic mass is 15.2. The van der Waals surface area contributed by atoms with Gasteiger partial charge in [0.15, 0.2) is 0 Å². The number of benzene rings is 1. The normalized spacial score (nSPS) is 25.3. The Hall–Kier alpha value is -1.15. The summed E-state index contributed by atoms with van der Waals surface area (Å²) in [7, 11) is 0. The molecule has 0 bridgehead atoms. The predicted octanol–water partition coefficient (Wildman–Crippen LogP) is 3.32. The molecule has 0 radical (unpaired) electrons. The molecule has 2 heteroatoms. The minimum Gasteiger partial charge on any atom is -0.296 e. The lowest BCUT2D eigenvalue weighted by atomic mass is 9.95. The van der Waals surface area contributed by atoms with E-state index in [1.807, 2.05) is 0 Å². The van der Waals surface area contributed by atoms with E-state index >= 15 is 0 Å². The van der Waals surface area contributed by atoms with E-state index in [0.717, 1.165) is 6.42 Å². The fraction of sp³-hybridized carbons (Fsp3) is 0.500. The standard InChI is InChI=1S/C14H18N2/c1-11-10-14(16-8-4-5-9-16)12-6-2-3-7-13(12)15-11/h2-3,6-7,14H,4-5,8-10H2,1H3. The van der Waals surface area contributed by atoms with Gasteiger partial charge in [-0.1, -0.05) is 18.2 Å². The molecule has 2 nitrogen and oxygen atoms in total. The molecular weight excluding hydrogens is 196 g/mol. The van der Waals surface area contributed by atoms with Gasteiger partial charge in [-0.05, 0) is 44.5 Å². The van der Waals surface area contributed by atoms with Crippen LogP contribution in [0.2, 0.25) is 0 Å². The van der Waals surface area contributed by atoms with Crippen LogP contribution < -0.4 is 0 Å². The van der Waals surface area contributed by atoms with Crippen molar-refractivity contribution in [1.29, 1.82) is 0 Å². The van der Waals surface area contributed by atoms with Gasteiger partial charge in [0.2, 0.25) is 0 Å². The Morgan fingerprint density at radius 1 is 1.19 bits per heavy atom. The van der Waals surface area contributed by atoms with Crippen LogP contribution >= 0.6 is 0 Å². The Bertz CT molecular complexity index is 416. The summed E-state index contributed by atoms with van der Waals surface area (Å²) in [6.07, 6.45) is 3.82. The molecule has 1 fully saturated rings. The smallest absolute Gasteiger partial charge is 0.0676 e. The molecule has 0 N–H and O–H groups in total. The summed E-state index contributed by atoms with van der Waals surface area (Å²) in [6.45, 7) is 4.66. The third-order valence-electron chi connectivity index (χ3n) is 3.68. The van der Waals surface area contributed by atoms with E-state index in [-0.39, 0.29) is 0 Å². The molecule has 1 unspecified atom stereocenters. The SMILES string of the molecule is CC1=Nc2ccccc2C(N2CCCC2)C1. The zero-order valence-electron chi connectivity index (χ0n) is 9.82. The van der Waals surface area contributed by atoms with Gasteiger partial charge in [-0.25, -0.2) is 0 Å². The summed E-state index contributed by atoms with van der Waals surface area (Å²) in [4.78, 5) is 7.28. The van der Waals surface area contributed by atoms with Crippen molar-refractivity contribution >= 4 is 11.4 Å². The first-order valence-electron chi connectivity index (χ1n) is 6.22. The fourth-order valence-electron chi connectivity index (χ4n) is 2.89. The maximum atomic E-state index is 4.66. The fourth-order valence-corrected chi connectivity index (χ4v) is 2.89. The van der Waals surface area contributed by atoms with Gasteiger partial charge in [0.1, 0.15) is 0 Å². The zero-order valence-corrected chi connectivity index (χ0v) is 9.82. The zero-order chi connectivity index (χ0) is 11.0. The summed E-state index contributed by atoms with van der Waals surface area (Å²) in [5, 5.41) is 0. The Kier molecular flexibility index (Phi) is 2.52. The molecule has 1 saturated heterocycles. The molecule has 2 heterocycles. The Morgan fingerprint density at radius 2 is 1.94 bits per heavy atom. The van der Waals surface area contributed by atoms with E-state index in [2.05, 4.69) is 41.1 Å². The molecule has 1 aromatic rings. The van der Waals surface area contributed by atoms with Crippen molar-refractivity contribution in [2.24, 2.45) is 4.99 Å². The lowest BCUT2D eigenvalue weighted by Gasteiger charge is -2.31. The minimum atomic E-state index is 0.580. The molecule has 3 rings (SSSR count). The predicted molar refractivity (Wildman–Crippen MR) is 67.4 cm³/mol. The van der Waals surface area contributed by atoms with Crippen molar-refractivity contribution in [1.82, 2.24) is 4.90 Å². The minimum absolute atomic E-state index is 0.580. The highest BCUT2D eigenvalue weighted by Crippen LogP contribution is 2.37. The van der Waals surface area contributed by atoms with Crippen molar-refractivity contribution in [3.63, 3.8) is 0 Å². The van der Waals surface area contributed by atoms with Crippen LogP contribution in [0.4, 0.5) is 5.69 Å². The summed E-state index contributed by atoms with van der Waals surface area (Å²) >= 11 is 0. The number of para-hydroxylation sites is 1. The van der Waals surface area contributed by atoms with Crippen LogP contribution in [-0.4, -0.2) is 23.7 Å². The summed E-state index contributed by atoms with van der Waals surface area (Å²) in [6, 6.07) is 9.19. The maximum absolute atomic E-state index is 4.66. The van der Waals surface area contributed by atoms with E-state index in [1.54, 1.807) is 0 Å². The molecule has 84 valence electrons. The van der Waals surface area contributed by atoms with E-state index < -0.39 is 0 Å². The molecule has 0 amide bonds. The molecule has 2 aliphatic heterocycles. The molecule has 2 aliphatic rings. The number of hydrogen-bond acceptors (Lipinski definition) is 2. The second-order valence-corrected chi connectivity index (χ2v) is 4.87. The van der Waals surface area contributed by atoms with E-state index in [0.29, 0.717) is 6.04 Å². The van der Waals surface area contributed by atoms with Crippen LogP contribution in [0.5, 0.6) is 0 Å². The molecule has 0 aliphatic carbocycles. The molecule has 0 aromatic heterocycles. The number of aliphatic imine (C=N–C) groups is 1. The maximum Gasteiger partial charge on any atom is 0.0676 e. The topological polar surface area (TPSA) is 15.6 Å². The number of hydrogen-bond donors (Lipinski definition) is 0.